The van der Waals surface area contributed by atoms with Gasteiger partial charge in [-0.05, 0) is 24.3 Å². The van der Waals surface area contributed by atoms with E-state index in [1.54, 1.807) is 24.3 Å². The molecule has 3 aromatic rings. The summed E-state index contributed by atoms with van der Waals surface area (Å²) >= 11 is 6.08. The smallest absolute Gasteiger partial charge is 0.243 e. The van der Waals surface area contributed by atoms with Crippen LogP contribution in [-0.2, 0) is 20.0 Å². The summed E-state index contributed by atoms with van der Waals surface area (Å²) in [7, 11) is -7.25. The average Bonchev–Trinajstić information content (AvgIpc) is 3.04. The number of hydrogen-bond donors (Lipinski definition) is 3. The first-order valence-electron chi connectivity index (χ1n) is 7.84. The van der Waals surface area contributed by atoms with Crippen LogP contribution in [0.2, 0.25) is 5.02 Å². The first-order chi connectivity index (χ1) is 13.2. The van der Waals surface area contributed by atoms with Gasteiger partial charge >= 0.3 is 0 Å². The minimum absolute atomic E-state index is 0.0123. The highest BCUT2D eigenvalue weighted by Gasteiger charge is 2.20. The van der Waals surface area contributed by atoms with Crippen molar-refractivity contribution < 1.29 is 16.8 Å². The van der Waals surface area contributed by atoms with E-state index in [1.807, 2.05) is 0 Å². The summed E-state index contributed by atoms with van der Waals surface area (Å²) in [6, 6.07) is 7.97. The van der Waals surface area contributed by atoms with E-state index in [2.05, 4.69) is 31.3 Å². The Morgan fingerprint density at radius 2 is 2.00 bits per heavy atom. The van der Waals surface area contributed by atoms with Crippen molar-refractivity contribution in [1.82, 2.24) is 14.7 Å². The van der Waals surface area contributed by atoms with Gasteiger partial charge in [0.1, 0.15) is 10.5 Å². The number of pyridine rings is 1. The van der Waals surface area contributed by atoms with Crippen LogP contribution in [0.5, 0.6) is 0 Å². The molecular weight excluding hydrogens is 424 g/mol. The van der Waals surface area contributed by atoms with Crippen LogP contribution in [0.4, 0.5) is 5.69 Å². The molecule has 2 heterocycles. The third kappa shape index (κ3) is 4.82. The molecule has 11 heteroatoms. The molecular formula is C17H15ClN4O4S2. The third-order valence-corrected chi connectivity index (χ3v) is 5.87. The van der Waals surface area contributed by atoms with E-state index >= 15 is 0 Å². The van der Waals surface area contributed by atoms with Gasteiger partial charge in [0, 0.05) is 23.6 Å². The van der Waals surface area contributed by atoms with E-state index in [1.165, 1.54) is 18.5 Å². The van der Waals surface area contributed by atoms with Crippen molar-refractivity contribution in [2.45, 2.75) is 4.90 Å². The number of halogens is 1. The van der Waals surface area contributed by atoms with Crippen LogP contribution in [0.3, 0.4) is 0 Å². The molecule has 28 heavy (non-hydrogen) atoms. The highest BCUT2D eigenvalue weighted by Crippen LogP contribution is 2.27. The van der Waals surface area contributed by atoms with Crippen LogP contribution in [0.1, 0.15) is 5.56 Å². The van der Waals surface area contributed by atoms with Gasteiger partial charge in [0.25, 0.3) is 0 Å². The van der Waals surface area contributed by atoms with Crippen molar-refractivity contribution in [2.75, 3.05) is 17.5 Å². The minimum Gasteiger partial charge on any atom is -0.345 e. The molecule has 0 spiro atoms. The minimum atomic E-state index is -3.85. The molecule has 0 aliphatic carbocycles. The van der Waals surface area contributed by atoms with Crippen molar-refractivity contribution in [3.8, 4) is 11.8 Å². The van der Waals surface area contributed by atoms with Crippen molar-refractivity contribution in [3.63, 3.8) is 0 Å². The number of fused-ring (bicyclic) bond motifs is 1. The van der Waals surface area contributed by atoms with Crippen molar-refractivity contribution in [1.29, 1.82) is 0 Å². The van der Waals surface area contributed by atoms with Gasteiger partial charge in [-0.15, -0.1) is 0 Å². The van der Waals surface area contributed by atoms with Crippen LogP contribution in [0.15, 0.2) is 47.6 Å². The highest BCUT2D eigenvalue weighted by atomic mass is 35.5. The van der Waals surface area contributed by atoms with Crippen molar-refractivity contribution in [2.24, 2.45) is 0 Å². The summed E-state index contributed by atoms with van der Waals surface area (Å²) in [5, 5.41) is 0.581. The SMILES string of the molecule is CS(=O)(=O)Nc1cccc(C#CCNS(=O)(=O)c2c[nH]c3nccc(Cl)c23)c1. The normalized spacial score (nSPS) is 11.8. The number of anilines is 1. The molecule has 0 radical (unpaired) electrons. The topological polar surface area (TPSA) is 121 Å². The molecule has 0 aliphatic rings. The number of hydrogen-bond acceptors (Lipinski definition) is 5. The monoisotopic (exact) mass is 438 g/mol. The second-order valence-corrected chi connectivity index (χ2v) is 9.64. The van der Waals surface area contributed by atoms with Crippen molar-refractivity contribution in [3.05, 3.63) is 53.3 Å². The number of rotatable bonds is 5. The average molecular weight is 439 g/mol. The Morgan fingerprint density at radius 1 is 1.21 bits per heavy atom. The summed E-state index contributed by atoms with van der Waals surface area (Å²) in [5.74, 6) is 5.48. The lowest BCUT2D eigenvalue weighted by Crippen LogP contribution is -2.23. The van der Waals surface area contributed by atoms with Gasteiger partial charge in [0.2, 0.25) is 20.0 Å². The molecule has 0 fully saturated rings. The van der Waals surface area contributed by atoms with E-state index in [9.17, 15) is 16.8 Å². The predicted octanol–water partition coefficient (Wildman–Crippen LogP) is 1.92. The molecule has 0 atom stereocenters. The molecule has 0 saturated heterocycles. The molecule has 0 aliphatic heterocycles. The lowest BCUT2D eigenvalue weighted by molar-refractivity contribution is 0.587. The molecule has 3 N–H and O–H groups in total. The van der Waals surface area contributed by atoms with E-state index in [-0.39, 0.29) is 16.5 Å². The van der Waals surface area contributed by atoms with Gasteiger partial charge in [-0.2, -0.15) is 4.72 Å². The fourth-order valence-electron chi connectivity index (χ4n) is 2.43. The lowest BCUT2D eigenvalue weighted by Gasteiger charge is -2.04. The maximum Gasteiger partial charge on any atom is 0.243 e. The Balaban J connectivity index is 1.74. The summed E-state index contributed by atoms with van der Waals surface area (Å²) in [4.78, 5) is 6.79. The van der Waals surface area contributed by atoms with Gasteiger partial charge in [-0.1, -0.05) is 29.5 Å². The second kappa shape index (κ2) is 7.81. The maximum atomic E-state index is 12.5. The number of H-pyrrole nitrogens is 1. The van der Waals surface area contributed by atoms with Gasteiger partial charge in [0.15, 0.2) is 0 Å². The fourth-order valence-corrected chi connectivity index (χ4v) is 4.40. The fraction of sp³-hybridized carbons (Fsp3) is 0.118. The first kappa shape index (κ1) is 20.2. The quantitative estimate of drug-likeness (QED) is 0.525. The molecule has 2 aromatic heterocycles. The molecule has 3 rings (SSSR count). The first-order valence-corrected chi connectivity index (χ1v) is 11.6. The second-order valence-electron chi connectivity index (χ2n) is 5.75. The number of aromatic amines is 1. The van der Waals surface area contributed by atoms with Gasteiger partial charge in [0.05, 0.1) is 23.2 Å². The van der Waals surface area contributed by atoms with Gasteiger partial charge in [-0.3, -0.25) is 4.72 Å². The molecule has 1 aromatic carbocycles. The highest BCUT2D eigenvalue weighted by molar-refractivity contribution is 7.92. The summed E-state index contributed by atoms with van der Waals surface area (Å²) in [6.45, 7) is -0.142. The Kier molecular flexibility index (Phi) is 5.62. The number of aromatic nitrogens is 2. The molecule has 146 valence electrons. The van der Waals surface area contributed by atoms with Crippen LogP contribution in [0, 0.1) is 11.8 Å². The molecule has 0 bridgehead atoms. The van der Waals surface area contributed by atoms with Crippen LogP contribution in [0.25, 0.3) is 11.0 Å². The molecule has 8 nitrogen and oxygen atoms in total. The van der Waals surface area contributed by atoms with Crippen LogP contribution < -0.4 is 9.44 Å². The zero-order valence-electron chi connectivity index (χ0n) is 14.5. The number of nitrogens with one attached hydrogen (secondary N) is 3. The largest absolute Gasteiger partial charge is 0.345 e. The van der Waals surface area contributed by atoms with Gasteiger partial charge < -0.3 is 4.98 Å². The molecule has 0 saturated carbocycles. The Hall–Kier alpha value is -2.58. The predicted molar refractivity (Wildman–Crippen MR) is 108 cm³/mol. The Morgan fingerprint density at radius 3 is 2.75 bits per heavy atom. The number of nitrogens with zero attached hydrogens (tertiary/aromatic N) is 1. The van der Waals surface area contributed by atoms with E-state index < -0.39 is 20.0 Å². The summed E-state index contributed by atoms with van der Waals surface area (Å²) < 4.78 is 52.3. The standard InChI is InChI=1S/C17H15ClN4O4S2/c1-27(23,24)22-13-6-2-4-12(10-13)5-3-8-21-28(25,26)15-11-20-17-16(15)14(18)7-9-19-17/h2,4,6-7,9-11,21-22H,8H2,1H3,(H,19,20). The van der Waals surface area contributed by atoms with Crippen molar-refractivity contribution >= 4 is 48.4 Å². The summed E-state index contributed by atoms with van der Waals surface area (Å²) in [6.07, 6.45) is 3.84. The Bertz CT molecular complexity index is 1310. The Labute approximate surface area is 167 Å². The molecule has 0 amide bonds. The van der Waals surface area contributed by atoms with E-state index in [0.29, 0.717) is 22.3 Å². The molecule has 0 unspecified atom stereocenters. The summed E-state index contributed by atoms with van der Waals surface area (Å²) in [5.41, 5.74) is 1.28. The number of benzene rings is 1. The zero-order valence-corrected chi connectivity index (χ0v) is 16.9. The van der Waals surface area contributed by atoms with Crippen LogP contribution >= 0.6 is 11.6 Å². The maximum absolute atomic E-state index is 12.5. The van der Waals surface area contributed by atoms with E-state index in [4.69, 9.17) is 11.6 Å². The van der Waals surface area contributed by atoms with Gasteiger partial charge in [-0.25, -0.2) is 21.8 Å². The van der Waals surface area contributed by atoms with Crippen LogP contribution in [-0.4, -0.2) is 39.6 Å². The zero-order chi connectivity index (χ0) is 20.4. The lowest BCUT2D eigenvalue weighted by atomic mass is 10.2. The number of sulfonamides is 2. The van der Waals surface area contributed by atoms with E-state index in [0.717, 1.165) is 6.26 Å². The third-order valence-electron chi connectivity index (χ3n) is 3.53.